The summed E-state index contributed by atoms with van der Waals surface area (Å²) in [7, 11) is 3.30. The van der Waals surface area contributed by atoms with Crippen LogP contribution in [0.2, 0.25) is 0 Å². The third-order valence-corrected chi connectivity index (χ3v) is 3.47. The van der Waals surface area contributed by atoms with Crippen molar-refractivity contribution in [2.45, 2.75) is 32.6 Å². The number of amides is 2. The van der Waals surface area contributed by atoms with Gasteiger partial charge in [-0.15, -0.1) is 0 Å². The smallest absolute Gasteiger partial charge is 0.243 e. The molecular weight excluding hydrogens is 280 g/mol. The van der Waals surface area contributed by atoms with E-state index < -0.39 is 0 Å². The normalized spacial score (nSPS) is 10.3. The van der Waals surface area contributed by atoms with E-state index in [4.69, 9.17) is 4.74 Å². The maximum atomic E-state index is 12.0. The van der Waals surface area contributed by atoms with Crippen LogP contribution in [0.1, 0.15) is 31.7 Å². The first-order valence-corrected chi connectivity index (χ1v) is 7.69. The van der Waals surface area contributed by atoms with Crippen molar-refractivity contribution in [2.75, 3.05) is 32.6 Å². The first-order chi connectivity index (χ1) is 10.6. The zero-order valence-electron chi connectivity index (χ0n) is 13.7. The maximum Gasteiger partial charge on any atom is 0.243 e. The highest BCUT2D eigenvalue weighted by Crippen LogP contribution is 2.15. The molecule has 1 N–H and O–H groups in total. The number of ether oxygens (including phenoxy) is 1. The summed E-state index contributed by atoms with van der Waals surface area (Å²) in [5, 5.41) is 2.87. The molecule has 0 aromatic heterocycles. The molecule has 0 heterocycles. The van der Waals surface area contributed by atoms with Crippen LogP contribution in [0.5, 0.6) is 0 Å². The van der Waals surface area contributed by atoms with Crippen molar-refractivity contribution in [2.24, 2.45) is 0 Å². The molecule has 22 heavy (non-hydrogen) atoms. The molecule has 0 radical (unpaired) electrons. The number of benzene rings is 1. The lowest BCUT2D eigenvalue weighted by Gasteiger charge is -2.17. The molecule has 1 aromatic rings. The van der Waals surface area contributed by atoms with Crippen LogP contribution in [-0.4, -0.2) is 44.0 Å². The van der Waals surface area contributed by atoms with Gasteiger partial charge in [-0.25, -0.2) is 0 Å². The Hall–Kier alpha value is -1.88. The van der Waals surface area contributed by atoms with E-state index in [1.54, 1.807) is 14.2 Å². The SMILES string of the molecule is CCc1ccccc1NC(=O)CN(C)C(=O)CCCCOC. The topological polar surface area (TPSA) is 58.6 Å². The van der Waals surface area contributed by atoms with Gasteiger partial charge in [0.25, 0.3) is 0 Å². The highest BCUT2D eigenvalue weighted by atomic mass is 16.5. The fourth-order valence-corrected chi connectivity index (χ4v) is 2.16. The molecule has 0 aliphatic heterocycles. The standard InChI is InChI=1S/C17H26N2O3/c1-4-14-9-5-6-10-15(14)18-16(20)13-19(2)17(21)11-7-8-12-22-3/h5-6,9-10H,4,7-8,11-13H2,1-3H3,(H,18,20). The summed E-state index contributed by atoms with van der Waals surface area (Å²) in [6.45, 7) is 2.77. The number of rotatable bonds is 9. The second-order valence-electron chi connectivity index (χ2n) is 5.26. The van der Waals surface area contributed by atoms with Crippen molar-refractivity contribution in [1.82, 2.24) is 4.90 Å². The molecule has 0 aliphatic rings. The van der Waals surface area contributed by atoms with Crippen molar-refractivity contribution in [3.05, 3.63) is 29.8 Å². The number of carbonyl (C=O) groups is 2. The van der Waals surface area contributed by atoms with E-state index in [0.29, 0.717) is 13.0 Å². The Kier molecular flexibility index (Phi) is 8.22. The third kappa shape index (κ3) is 6.26. The number of hydrogen-bond acceptors (Lipinski definition) is 3. The van der Waals surface area contributed by atoms with Crippen LogP contribution in [0.4, 0.5) is 5.69 Å². The molecule has 0 unspecified atom stereocenters. The average Bonchev–Trinajstić information content (AvgIpc) is 2.51. The Morgan fingerprint density at radius 2 is 1.95 bits per heavy atom. The molecule has 1 aromatic carbocycles. The number of aryl methyl sites for hydroxylation is 1. The number of likely N-dealkylation sites (N-methyl/N-ethyl adjacent to an activating group) is 1. The highest BCUT2D eigenvalue weighted by molar-refractivity contribution is 5.95. The van der Waals surface area contributed by atoms with Crippen LogP contribution < -0.4 is 5.32 Å². The Labute approximate surface area is 132 Å². The van der Waals surface area contributed by atoms with E-state index in [9.17, 15) is 9.59 Å². The van der Waals surface area contributed by atoms with Crippen molar-refractivity contribution in [1.29, 1.82) is 0 Å². The number of carbonyl (C=O) groups excluding carboxylic acids is 2. The van der Waals surface area contributed by atoms with E-state index in [1.807, 2.05) is 31.2 Å². The molecule has 0 fully saturated rings. The molecule has 0 spiro atoms. The van der Waals surface area contributed by atoms with Gasteiger partial charge in [0.1, 0.15) is 0 Å². The lowest BCUT2D eigenvalue weighted by Crippen LogP contribution is -2.34. The zero-order chi connectivity index (χ0) is 16.4. The van der Waals surface area contributed by atoms with Gasteiger partial charge in [0.15, 0.2) is 0 Å². The van der Waals surface area contributed by atoms with Crippen molar-refractivity contribution >= 4 is 17.5 Å². The molecule has 5 nitrogen and oxygen atoms in total. The quantitative estimate of drug-likeness (QED) is 0.713. The maximum absolute atomic E-state index is 12.0. The predicted molar refractivity (Wildman–Crippen MR) is 87.8 cm³/mol. The Morgan fingerprint density at radius 1 is 1.23 bits per heavy atom. The number of nitrogens with zero attached hydrogens (tertiary/aromatic N) is 1. The van der Waals surface area contributed by atoms with Crippen LogP contribution in [0, 0.1) is 0 Å². The van der Waals surface area contributed by atoms with E-state index in [0.717, 1.165) is 30.5 Å². The van der Waals surface area contributed by atoms with Gasteiger partial charge in [-0.1, -0.05) is 25.1 Å². The molecule has 5 heteroatoms. The molecule has 1 rings (SSSR count). The Bertz CT molecular complexity index is 489. The zero-order valence-corrected chi connectivity index (χ0v) is 13.7. The Balaban J connectivity index is 2.42. The van der Waals surface area contributed by atoms with Gasteiger partial charge >= 0.3 is 0 Å². The summed E-state index contributed by atoms with van der Waals surface area (Å²) in [4.78, 5) is 25.4. The molecule has 0 bridgehead atoms. The van der Waals surface area contributed by atoms with Crippen LogP contribution in [-0.2, 0) is 20.7 Å². The number of para-hydroxylation sites is 1. The summed E-state index contributed by atoms with van der Waals surface area (Å²) >= 11 is 0. The lowest BCUT2D eigenvalue weighted by molar-refractivity contribution is -0.133. The van der Waals surface area contributed by atoms with E-state index in [-0.39, 0.29) is 18.4 Å². The highest BCUT2D eigenvalue weighted by Gasteiger charge is 2.13. The summed E-state index contributed by atoms with van der Waals surface area (Å²) in [6.07, 6.45) is 2.92. The minimum atomic E-state index is -0.173. The van der Waals surface area contributed by atoms with Gasteiger partial charge in [-0.3, -0.25) is 9.59 Å². The molecule has 0 atom stereocenters. The summed E-state index contributed by atoms with van der Waals surface area (Å²) < 4.78 is 4.95. The van der Waals surface area contributed by atoms with E-state index in [1.165, 1.54) is 4.90 Å². The lowest BCUT2D eigenvalue weighted by atomic mass is 10.1. The minimum absolute atomic E-state index is 0.0185. The van der Waals surface area contributed by atoms with Crippen LogP contribution in [0.25, 0.3) is 0 Å². The summed E-state index contributed by atoms with van der Waals surface area (Å²) in [5.41, 5.74) is 1.90. The molecule has 122 valence electrons. The predicted octanol–water partition coefficient (Wildman–Crippen LogP) is 2.46. The number of methoxy groups -OCH3 is 1. The summed E-state index contributed by atoms with van der Waals surface area (Å²) in [6, 6.07) is 7.70. The molecule has 0 saturated heterocycles. The van der Waals surface area contributed by atoms with Crippen molar-refractivity contribution in [3.63, 3.8) is 0 Å². The number of nitrogens with one attached hydrogen (secondary N) is 1. The van der Waals surface area contributed by atoms with Gasteiger partial charge in [0.2, 0.25) is 11.8 Å². The third-order valence-electron chi connectivity index (χ3n) is 3.47. The van der Waals surface area contributed by atoms with Crippen LogP contribution >= 0.6 is 0 Å². The number of unbranched alkanes of at least 4 members (excludes halogenated alkanes) is 1. The average molecular weight is 306 g/mol. The first kappa shape index (κ1) is 18.2. The van der Waals surface area contributed by atoms with Crippen molar-refractivity contribution < 1.29 is 14.3 Å². The van der Waals surface area contributed by atoms with E-state index >= 15 is 0 Å². The van der Waals surface area contributed by atoms with E-state index in [2.05, 4.69) is 5.32 Å². The van der Waals surface area contributed by atoms with Gasteiger partial charge < -0.3 is 15.0 Å². The molecule has 2 amide bonds. The minimum Gasteiger partial charge on any atom is -0.385 e. The molecule has 0 aliphatic carbocycles. The molecule has 0 saturated carbocycles. The second kappa shape index (κ2) is 9.95. The Morgan fingerprint density at radius 3 is 2.64 bits per heavy atom. The largest absolute Gasteiger partial charge is 0.385 e. The van der Waals surface area contributed by atoms with Crippen molar-refractivity contribution in [3.8, 4) is 0 Å². The van der Waals surface area contributed by atoms with Gasteiger partial charge in [0, 0.05) is 32.9 Å². The van der Waals surface area contributed by atoms with Crippen LogP contribution in [0.3, 0.4) is 0 Å². The van der Waals surface area contributed by atoms with Gasteiger partial charge in [-0.05, 0) is 30.9 Å². The van der Waals surface area contributed by atoms with Gasteiger partial charge in [0.05, 0.1) is 6.54 Å². The summed E-state index contributed by atoms with van der Waals surface area (Å²) in [5.74, 6) is -0.191. The van der Waals surface area contributed by atoms with Crippen LogP contribution in [0.15, 0.2) is 24.3 Å². The number of hydrogen-bond donors (Lipinski definition) is 1. The monoisotopic (exact) mass is 306 g/mol. The van der Waals surface area contributed by atoms with Gasteiger partial charge in [-0.2, -0.15) is 0 Å². The first-order valence-electron chi connectivity index (χ1n) is 7.69. The fraction of sp³-hybridized carbons (Fsp3) is 0.529. The fourth-order valence-electron chi connectivity index (χ4n) is 2.16. The second-order valence-corrected chi connectivity index (χ2v) is 5.26. The molecular formula is C17H26N2O3. The number of anilines is 1.